The number of amides is 3. The molecule has 0 heterocycles. The molecular weight excluding hydrogens is 408 g/mol. The van der Waals surface area contributed by atoms with Crippen molar-refractivity contribution in [3.63, 3.8) is 0 Å². The molecule has 11 heteroatoms. The Morgan fingerprint density at radius 2 is 1.32 bits per heavy atom. The Bertz CT molecular complexity index is 644. The maximum absolute atomic E-state index is 12.6. The zero-order chi connectivity index (χ0) is 24.2. The van der Waals surface area contributed by atoms with Gasteiger partial charge in [0.25, 0.3) is 0 Å². The number of carbonyl (C=O) groups excluding carboxylic acids is 3. The summed E-state index contributed by atoms with van der Waals surface area (Å²) in [5.41, 5.74) is -0.409. The van der Waals surface area contributed by atoms with Crippen LogP contribution in [0.25, 0.3) is 0 Å². The van der Waals surface area contributed by atoms with Crippen molar-refractivity contribution < 1.29 is 34.2 Å². The first-order chi connectivity index (χ1) is 14.2. The average Bonchev–Trinajstić information content (AvgIpc) is 2.59. The van der Waals surface area contributed by atoms with Gasteiger partial charge in [0.15, 0.2) is 0 Å². The zero-order valence-electron chi connectivity index (χ0n) is 18.9. The summed E-state index contributed by atoms with van der Waals surface area (Å²) >= 11 is 0. The lowest BCUT2D eigenvalue weighted by atomic mass is 10.1. The van der Waals surface area contributed by atoms with E-state index in [4.69, 9.17) is 10.2 Å². The quantitative estimate of drug-likeness (QED) is 0.217. The molecular formula is C20H36N4O7. The van der Waals surface area contributed by atoms with Gasteiger partial charge in [-0.25, -0.2) is 0 Å². The van der Waals surface area contributed by atoms with Crippen LogP contribution in [-0.4, -0.2) is 70.1 Å². The van der Waals surface area contributed by atoms with E-state index in [2.05, 4.69) is 21.3 Å². The summed E-state index contributed by atoms with van der Waals surface area (Å²) < 4.78 is 0. The first kappa shape index (κ1) is 28.3. The van der Waals surface area contributed by atoms with E-state index < -0.39 is 41.4 Å². The largest absolute Gasteiger partial charge is 0.481 e. The minimum absolute atomic E-state index is 0.0135. The van der Waals surface area contributed by atoms with Crippen molar-refractivity contribution in [1.82, 2.24) is 21.3 Å². The molecule has 2 atom stereocenters. The summed E-state index contributed by atoms with van der Waals surface area (Å²) in [6.45, 7) is 9.08. The Morgan fingerprint density at radius 1 is 0.806 bits per heavy atom. The lowest BCUT2D eigenvalue weighted by Crippen LogP contribution is -2.54. The van der Waals surface area contributed by atoms with E-state index in [1.807, 2.05) is 20.8 Å². The van der Waals surface area contributed by atoms with Crippen LogP contribution in [-0.2, 0) is 24.0 Å². The monoisotopic (exact) mass is 444 g/mol. The summed E-state index contributed by atoms with van der Waals surface area (Å²) in [5.74, 6) is -3.64. The molecule has 0 aliphatic heterocycles. The van der Waals surface area contributed by atoms with E-state index in [9.17, 15) is 24.0 Å². The van der Waals surface area contributed by atoms with Crippen LogP contribution in [0.4, 0.5) is 0 Å². The molecule has 2 unspecified atom stereocenters. The highest BCUT2D eigenvalue weighted by molar-refractivity contribution is 5.90. The van der Waals surface area contributed by atoms with Gasteiger partial charge >= 0.3 is 11.9 Å². The molecule has 0 radical (unpaired) electrons. The highest BCUT2D eigenvalue weighted by atomic mass is 16.4. The molecule has 0 rings (SSSR count). The smallest absolute Gasteiger partial charge is 0.303 e. The van der Waals surface area contributed by atoms with Crippen molar-refractivity contribution in [2.24, 2.45) is 0 Å². The van der Waals surface area contributed by atoms with Crippen molar-refractivity contribution in [1.29, 1.82) is 0 Å². The molecule has 0 saturated heterocycles. The molecule has 0 aromatic rings. The molecule has 0 aromatic heterocycles. The van der Waals surface area contributed by atoms with E-state index >= 15 is 0 Å². The molecule has 0 aliphatic carbocycles. The number of carbonyl (C=O) groups is 5. The van der Waals surface area contributed by atoms with Crippen molar-refractivity contribution >= 4 is 29.7 Å². The molecule has 11 nitrogen and oxygen atoms in total. The summed E-state index contributed by atoms with van der Waals surface area (Å²) in [6.07, 6.45) is -0.695. The van der Waals surface area contributed by atoms with E-state index in [0.717, 1.165) is 0 Å². The maximum Gasteiger partial charge on any atom is 0.303 e. The third kappa shape index (κ3) is 14.9. The highest BCUT2D eigenvalue weighted by Crippen LogP contribution is 2.04. The predicted molar refractivity (Wildman–Crippen MR) is 113 cm³/mol. The van der Waals surface area contributed by atoms with Crippen LogP contribution in [0, 0.1) is 0 Å². The minimum atomic E-state index is -1.13. The Morgan fingerprint density at radius 3 is 1.77 bits per heavy atom. The molecule has 6 N–H and O–H groups in total. The van der Waals surface area contributed by atoms with Gasteiger partial charge in [-0.1, -0.05) is 13.8 Å². The van der Waals surface area contributed by atoms with Crippen molar-refractivity contribution in [2.75, 3.05) is 6.54 Å². The van der Waals surface area contributed by atoms with Crippen LogP contribution in [0.2, 0.25) is 0 Å². The second-order valence-electron chi connectivity index (χ2n) is 8.64. The average molecular weight is 445 g/mol. The SMILES string of the molecule is CC(C)NC(CCC(=O)O)C(=O)NC(CCC(=O)O)C(=O)NCCC(=O)NC(C)(C)C. The van der Waals surface area contributed by atoms with Gasteiger partial charge in [0, 0.05) is 37.4 Å². The van der Waals surface area contributed by atoms with Crippen LogP contribution in [0.1, 0.15) is 66.7 Å². The lowest BCUT2D eigenvalue weighted by molar-refractivity contribution is -0.139. The molecule has 0 spiro atoms. The predicted octanol–water partition coefficient (Wildman–Crippen LogP) is -0.0116. The number of nitrogens with one attached hydrogen (secondary N) is 4. The van der Waals surface area contributed by atoms with Crippen molar-refractivity contribution in [3.8, 4) is 0 Å². The summed E-state index contributed by atoms with van der Waals surface area (Å²) in [4.78, 5) is 58.8. The Hall–Kier alpha value is -2.69. The first-order valence-electron chi connectivity index (χ1n) is 10.3. The molecule has 0 saturated carbocycles. The zero-order valence-corrected chi connectivity index (χ0v) is 18.9. The fraction of sp³-hybridized carbons (Fsp3) is 0.750. The topological polar surface area (TPSA) is 174 Å². The Balaban J connectivity index is 5.02. The Kier molecular flexibility index (Phi) is 12.4. The molecule has 0 aromatic carbocycles. The van der Waals surface area contributed by atoms with Crippen LogP contribution in [0.15, 0.2) is 0 Å². The normalized spacial score (nSPS) is 13.2. The van der Waals surface area contributed by atoms with Crippen LogP contribution in [0.5, 0.6) is 0 Å². The lowest BCUT2D eigenvalue weighted by Gasteiger charge is -2.24. The maximum atomic E-state index is 12.6. The summed E-state index contributed by atoms with van der Waals surface area (Å²) in [6, 6.07) is -2.10. The first-order valence-corrected chi connectivity index (χ1v) is 10.3. The van der Waals surface area contributed by atoms with Crippen molar-refractivity contribution in [3.05, 3.63) is 0 Å². The number of rotatable bonds is 14. The molecule has 178 valence electrons. The van der Waals surface area contributed by atoms with Gasteiger partial charge in [0.1, 0.15) is 6.04 Å². The van der Waals surface area contributed by atoms with Crippen LogP contribution in [0.3, 0.4) is 0 Å². The van der Waals surface area contributed by atoms with E-state index in [0.29, 0.717) is 0 Å². The van der Waals surface area contributed by atoms with Gasteiger partial charge in [0.2, 0.25) is 17.7 Å². The van der Waals surface area contributed by atoms with Crippen LogP contribution >= 0.6 is 0 Å². The van der Waals surface area contributed by atoms with Crippen LogP contribution < -0.4 is 21.3 Å². The van der Waals surface area contributed by atoms with Crippen molar-refractivity contribution in [2.45, 2.75) is 90.4 Å². The highest BCUT2D eigenvalue weighted by Gasteiger charge is 2.27. The summed E-state index contributed by atoms with van der Waals surface area (Å²) in [5, 5.41) is 28.6. The molecule has 0 fully saturated rings. The number of aliphatic carboxylic acids is 2. The molecule has 0 aliphatic rings. The number of hydrogen-bond donors (Lipinski definition) is 6. The molecule has 0 bridgehead atoms. The number of carboxylic acids is 2. The molecule has 31 heavy (non-hydrogen) atoms. The summed E-state index contributed by atoms with van der Waals surface area (Å²) in [7, 11) is 0. The van der Waals surface area contributed by atoms with E-state index in [1.165, 1.54) is 0 Å². The number of carboxylic acid groups (broad SMARTS) is 2. The third-order valence-corrected chi connectivity index (χ3v) is 3.94. The van der Waals surface area contributed by atoms with Gasteiger partial charge in [-0.3, -0.25) is 24.0 Å². The van der Waals surface area contributed by atoms with Gasteiger partial charge < -0.3 is 31.5 Å². The van der Waals surface area contributed by atoms with Gasteiger partial charge in [-0.05, 0) is 33.6 Å². The second-order valence-corrected chi connectivity index (χ2v) is 8.64. The van der Waals surface area contributed by atoms with Gasteiger partial charge in [0.05, 0.1) is 6.04 Å². The number of hydrogen-bond acceptors (Lipinski definition) is 6. The third-order valence-electron chi connectivity index (χ3n) is 3.94. The van der Waals surface area contributed by atoms with E-state index in [1.54, 1.807) is 13.8 Å². The fourth-order valence-electron chi connectivity index (χ4n) is 2.67. The minimum Gasteiger partial charge on any atom is -0.481 e. The standard InChI is InChI=1S/C20H36N4O7/c1-12(2)22-14(7-9-17(28)29)19(31)23-13(6-8-16(26)27)18(30)21-11-10-15(25)24-20(3,4)5/h12-14,22H,6-11H2,1-5H3,(H,21,30)(H,23,31)(H,24,25)(H,26,27)(H,28,29). The van der Waals surface area contributed by atoms with Gasteiger partial charge in [-0.15, -0.1) is 0 Å². The Labute approximate surface area is 182 Å². The fourth-order valence-corrected chi connectivity index (χ4v) is 2.67. The molecule has 3 amide bonds. The second kappa shape index (κ2) is 13.6. The van der Waals surface area contributed by atoms with Gasteiger partial charge in [-0.2, -0.15) is 0 Å². The van der Waals surface area contributed by atoms with E-state index in [-0.39, 0.29) is 50.6 Å².